The van der Waals surface area contributed by atoms with E-state index in [0.717, 1.165) is 15.2 Å². The van der Waals surface area contributed by atoms with Crippen LogP contribution in [0.15, 0.2) is 37.3 Å². The minimum atomic E-state index is -0.372. The van der Waals surface area contributed by atoms with Crippen molar-refractivity contribution in [3.8, 4) is 0 Å². The van der Waals surface area contributed by atoms with Crippen LogP contribution >= 0.6 is 27.3 Å². The number of halogens is 1. The number of rotatable bonds is 0. The molecule has 0 aliphatic rings. The number of thiophene rings is 1. The van der Waals surface area contributed by atoms with E-state index in [9.17, 15) is 4.79 Å². The van der Waals surface area contributed by atoms with Crippen LogP contribution < -0.4 is 11.4 Å². The summed E-state index contributed by atoms with van der Waals surface area (Å²) in [4.78, 5) is 11.7. The van der Waals surface area contributed by atoms with Crippen molar-refractivity contribution in [2.24, 2.45) is 0 Å². The van der Waals surface area contributed by atoms with E-state index in [0.29, 0.717) is 16.0 Å². The second-order valence-electron chi connectivity index (χ2n) is 3.42. The van der Waals surface area contributed by atoms with Crippen molar-refractivity contribution in [2.45, 2.75) is 0 Å². The Morgan fingerprint density at radius 1 is 1.31 bits per heavy atom. The lowest BCUT2D eigenvalue weighted by atomic mass is 10.1. The minimum Gasteiger partial charge on any atom is -0.422 e. The summed E-state index contributed by atoms with van der Waals surface area (Å²) in [6, 6.07) is 5.54. The molecule has 5 heteroatoms. The quantitative estimate of drug-likeness (QED) is 0.647. The Hall–Kier alpha value is -1.33. The van der Waals surface area contributed by atoms with Crippen molar-refractivity contribution in [1.82, 2.24) is 0 Å². The molecule has 0 unspecified atom stereocenters. The molecule has 0 saturated carbocycles. The molecule has 0 aliphatic heterocycles. The molecule has 0 spiro atoms. The first-order valence-corrected chi connectivity index (χ1v) is 6.23. The fourth-order valence-electron chi connectivity index (χ4n) is 1.73. The Morgan fingerprint density at radius 3 is 2.94 bits per heavy atom. The summed E-state index contributed by atoms with van der Waals surface area (Å²) in [5, 5.41) is 4.63. The molecular formula is C11H6BrNO2S. The monoisotopic (exact) mass is 295 g/mol. The van der Waals surface area contributed by atoms with Crippen LogP contribution in [0.5, 0.6) is 0 Å². The fourth-order valence-corrected chi connectivity index (χ4v) is 2.90. The van der Waals surface area contributed by atoms with E-state index in [1.165, 1.54) is 11.3 Å². The van der Waals surface area contributed by atoms with Crippen molar-refractivity contribution >= 4 is 54.0 Å². The maximum atomic E-state index is 11.7. The molecule has 2 aromatic heterocycles. The molecule has 3 nitrogen and oxygen atoms in total. The van der Waals surface area contributed by atoms with Gasteiger partial charge in [0.2, 0.25) is 0 Å². The van der Waals surface area contributed by atoms with Gasteiger partial charge in [0.25, 0.3) is 0 Å². The highest BCUT2D eigenvalue weighted by molar-refractivity contribution is 9.10. The van der Waals surface area contributed by atoms with Crippen LogP contribution in [-0.2, 0) is 0 Å². The molecular weight excluding hydrogens is 290 g/mol. The van der Waals surface area contributed by atoms with Crippen molar-refractivity contribution in [2.75, 3.05) is 5.73 Å². The molecule has 3 rings (SSSR count). The molecule has 0 radical (unpaired) electrons. The molecule has 2 heterocycles. The van der Waals surface area contributed by atoms with Crippen molar-refractivity contribution in [3.63, 3.8) is 0 Å². The maximum absolute atomic E-state index is 11.7. The van der Waals surface area contributed by atoms with E-state index in [-0.39, 0.29) is 5.63 Å². The molecule has 3 aromatic rings. The van der Waals surface area contributed by atoms with Gasteiger partial charge in [0.1, 0.15) is 16.0 Å². The summed E-state index contributed by atoms with van der Waals surface area (Å²) in [7, 11) is 0. The Bertz CT molecular complexity index is 760. The zero-order valence-electron chi connectivity index (χ0n) is 7.99. The number of anilines is 1. The van der Waals surface area contributed by atoms with Gasteiger partial charge < -0.3 is 10.2 Å². The largest absolute Gasteiger partial charge is 0.422 e. The van der Waals surface area contributed by atoms with Crippen LogP contribution in [0.1, 0.15) is 0 Å². The van der Waals surface area contributed by atoms with Crippen LogP contribution in [0.4, 0.5) is 5.00 Å². The predicted molar refractivity (Wildman–Crippen MR) is 70.0 cm³/mol. The average molecular weight is 296 g/mol. The highest BCUT2D eigenvalue weighted by Gasteiger charge is 2.11. The Kier molecular flexibility index (Phi) is 2.05. The van der Waals surface area contributed by atoms with Gasteiger partial charge in [-0.2, -0.15) is 0 Å². The summed E-state index contributed by atoms with van der Waals surface area (Å²) in [5.74, 6) is 0. The van der Waals surface area contributed by atoms with Gasteiger partial charge >= 0.3 is 5.63 Å². The third kappa shape index (κ3) is 1.28. The number of nitrogen functional groups attached to an aromatic ring is 1. The van der Waals surface area contributed by atoms with Crippen LogP contribution in [0.25, 0.3) is 21.7 Å². The molecule has 0 atom stereocenters. The first-order chi connectivity index (χ1) is 7.66. The lowest BCUT2D eigenvalue weighted by Gasteiger charge is -1.99. The summed E-state index contributed by atoms with van der Waals surface area (Å²) in [6.45, 7) is 0. The number of fused-ring (bicyclic) bond motifs is 3. The molecule has 80 valence electrons. The lowest BCUT2D eigenvalue weighted by molar-refractivity contribution is 0.570. The lowest BCUT2D eigenvalue weighted by Crippen LogP contribution is -2.00. The van der Waals surface area contributed by atoms with Gasteiger partial charge in [-0.05, 0) is 18.2 Å². The van der Waals surface area contributed by atoms with Crippen molar-refractivity contribution in [3.05, 3.63) is 38.5 Å². The van der Waals surface area contributed by atoms with Gasteiger partial charge in [0.05, 0.1) is 0 Å². The molecule has 0 aliphatic carbocycles. The number of hydrogen-bond donors (Lipinski definition) is 1. The molecule has 2 N–H and O–H groups in total. The molecule has 0 amide bonds. The van der Waals surface area contributed by atoms with Gasteiger partial charge in [-0.3, -0.25) is 0 Å². The van der Waals surface area contributed by atoms with Crippen LogP contribution in [0, 0.1) is 0 Å². The van der Waals surface area contributed by atoms with Gasteiger partial charge in [-0.1, -0.05) is 15.9 Å². The topological polar surface area (TPSA) is 56.2 Å². The maximum Gasteiger partial charge on any atom is 0.347 e. The van der Waals surface area contributed by atoms with Crippen molar-refractivity contribution < 1.29 is 4.42 Å². The highest BCUT2D eigenvalue weighted by Crippen LogP contribution is 2.32. The van der Waals surface area contributed by atoms with Crippen LogP contribution in [0.2, 0.25) is 0 Å². The Labute approximate surface area is 103 Å². The van der Waals surface area contributed by atoms with Crippen molar-refractivity contribution in [1.29, 1.82) is 0 Å². The second kappa shape index (κ2) is 3.33. The predicted octanol–water partition coefficient (Wildman–Crippen LogP) is 3.35. The van der Waals surface area contributed by atoms with E-state index in [1.807, 2.05) is 17.5 Å². The van der Waals surface area contributed by atoms with Gasteiger partial charge in [0.15, 0.2) is 0 Å². The van der Waals surface area contributed by atoms with E-state index in [2.05, 4.69) is 15.9 Å². The molecule has 0 fully saturated rings. The van der Waals surface area contributed by atoms with E-state index in [4.69, 9.17) is 10.2 Å². The summed E-state index contributed by atoms with van der Waals surface area (Å²) in [5.41, 5.74) is 5.96. The fraction of sp³-hybridized carbons (Fsp3) is 0. The first kappa shape index (κ1) is 9.86. The zero-order chi connectivity index (χ0) is 11.3. The second-order valence-corrected chi connectivity index (χ2v) is 5.25. The number of benzene rings is 1. The smallest absolute Gasteiger partial charge is 0.347 e. The van der Waals surface area contributed by atoms with Crippen LogP contribution in [-0.4, -0.2) is 0 Å². The summed E-state index contributed by atoms with van der Waals surface area (Å²) < 4.78 is 6.16. The SMILES string of the molecule is Nc1scc2c1c(=O)oc1ccc(Br)cc12. The number of hydrogen-bond acceptors (Lipinski definition) is 4. The van der Waals surface area contributed by atoms with Crippen LogP contribution in [0.3, 0.4) is 0 Å². The first-order valence-electron chi connectivity index (χ1n) is 4.56. The third-order valence-corrected chi connectivity index (χ3v) is 3.76. The molecule has 0 bridgehead atoms. The Balaban J connectivity index is 2.67. The standard InChI is InChI=1S/C11H6BrNO2S/c12-5-1-2-8-6(3-5)7-4-16-10(13)9(7)11(14)15-8/h1-4H,13H2. The molecule has 0 saturated heterocycles. The van der Waals surface area contributed by atoms with Gasteiger partial charge in [-0.15, -0.1) is 11.3 Å². The van der Waals surface area contributed by atoms with E-state index >= 15 is 0 Å². The van der Waals surface area contributed by atoms with E-state index < -0.39 is 0 Å². The number of nitrogens with two attached hydrogens (primary N) is 1. The minimum absolute atomic E-state index is 0.372. The summed E-state index contributed by atoms with van der Waals surface area (Å²) >= 11 is 4.75. The normalized spacial score (nSPS) is 11.3. The zero-order valence-corrected chi connectivity index (χ0v) is 10.4. The Morgan fingerprint density at radius 2 is 2.12 bits per heavy atom. The molecule has 1 aromatic carbocycles. The average Bonchev–Trinajstić information content (AvgIpc) is 2.63. The van der Waals surface area contributed by atoms with Gasteiger partial charge in [-0.25, -0.2) is 4.79 Å². The van der Waals surface area contributed by atoms with E-state index in [1.54, 1.807) is 6.07 Å². The third-order valence-electron chi connectivity index (χ3n) is 2.46. The van der Waals surface area contributed by atoms with Gasteiger partial charge in [0, 0.05) is 20.6 Å². The summed E-state index contributed by atoms with van der Waals surface area (Å²) in [6.07, 6.45) is 0. The highest BCUT2D eigenvalue weighted by atomic mass is 79.9. The molecule has 16 heavy (non-hydrogen) atoms.